The molecule has 0 saturated heterocycles. The molecule has 0 amide bonds. The SMILES string of the molecule is NCC1(c2cc(Cl)cc3c2OCOC3)CCCC1. The van der Waals surface area contributed by atoms with E-state index in [9.17, 15) is 0 Å². The molecule has 1 aliphatic carbocycles. The van der Waals surface area contributed by atoms with Crippen LogP contribution in [0.25, 0.3) is 0 Å². The second-order valence-electron chi connectivity index (χ2n) is 5.24. The fraction of sp³-hybridized carbons (Fsp3) is 0.571. The van der Waals surface area contributed by atoms with Crippen LogP contribution in [-0.4, -0.2) is 13.3 Å². The van der Waals surface area contributed by atoms with Crippen LogP contribution in [0.4, 0.5) is 0 Å². The van der Waals surface area contributed by atoms with Gasteiger partial charge in [-0.3, -0.25) is 0 Å². The molecular formula is C14H18ClNO2. The van der Waals surface area contributed by atoms with Crippen molar-refractivity contribution in [2.24, 2.45) is 5.73 Å². The number of hydrogen-bond acceptors (Lipinski definition) is 3. The van der Waals surface area contributed by atoms with Crippen LogP contribution in [0.5, 0.6) is 5.75 Å². The van der Waals surface area contributed by atoms with Crippen LogP contribution in [0.15, 0.2) is 12.1 Å². The highest BCUT2D eigenvalue weighted by molar-refractivity contribution is 6.30. The average molecular weight is 268 g/mol. The number of fused-ring (bicyclic) bond motifs is 1. The number of ether oxygens (including phenoxy) is 2. The van der Waals surface area contributed by atoms with Crippen molar-refractivity contribution in [1.29, 1.82) is 0 Å². The number of benzene rings is 1. The molecule has 0 unspecified atom stereocenters. The molecule has 3 nitrogen and oxygen atoms in total. The lowest BCUT2D eigenvalue weighted by atomic mass is 9.77. The number of rotatable bonds is 2. The summed E-state index contributed by atoms with van der Waals surface area (Å²) in [6.45, 7) is 1.55. The summed E-state index contributed by atoms with van der Waals surface area (Å²) in [5.74, 6) is 0.956. The minimum absolute atomic E-state index is 0.0479. The molecule has 0 aromatic heterocycles. The molecule has 0 atom stereocenters. The summed E-state index contributed by atoms with van der Waals surface area (Å²) < 4.78 is 11.0. The second kappa shape index (κ2) is 4.72. The Labute approximate surface area is 112 Å². The maximum Gasteiger partial charge on any atom is 0.189 e. The van der Waals surface area contributed by atoms with E-state index in [-0.39, 0.29) is 5.41 Å². The highest BCUT2D eigenvalue weighted by atomic mass is 35.5. The van der Waals surface area contributed by atoms with E-state index < -0.39 is 0 Å². The topological polar surface area (TPSA) is 44.5 Å². The van der Waals surface area contributed by atoms with Crippen LogP contribution >= 0.6 is 11.6 Å². The van der Waals surface area contributed by atoms with Crippen molar-refractivity contribution in [3.8, 4) is 5.75 Å². The molecule has 2 aliphatic rings. The summed E-state index contributed by atoms with van der Waals surface area (Å²) >= 11 is 6.23. The Balaban J connectivity index is 2.12. The van der Waals surface area contributed by atoms with E-state index in [0.29, 0.717) is 19.9 Å². The molecule has 1 heterocycles. The predicted molar refractivity (Wildman–Crippen MR) is 70.9 cm³/mol. The lowest BCUT2D eigenvalue weighted by Gasteiger charge is -2.32. The molecule has 18 heavy (non-hydrogen) atoms. The fourth-order valence-electron chi connectivity index (χ4n) is 3.21. The maximum absolute atomic E-state index is 6.23. The van der Waals surface area contributed by atoms with Gasteiger partial charge in [-0.25, -0.2) is 0 Å². The van der Waals surface area contributed by atoms with Gasteiger partial charge in [-0.2, -0.15) is 0 Å². The molecule has 0 spiro atoms. The first-order chi connectivity index (χ1) is 8.75. The van der Waals surface area contributed by atoms with Crippen molar-refractivity contribution in [3.05, 3.63) is 28.3 Å². The Morgan fingerprint density at radius 1 is 1.28 bits per heavy atom. The predicted octanol–water partition coefficient (Wildman–Crippen LogP) is 2.98. The van der Waals surface area contributed by atoms with Crippen molar-refractivity contribution in [2.75, 3.05) is 13.3 Å². The molecule has 3 rings (SSSR count). The van der Waals surface area contributed by atoms with Crippen LogP contribution < -0.4 is 10.5 Å². The second-order valence-corrected chi connectivity index (χ2v) is 5.68. The van der Waals surface area contributed by atoms with Crippen molar-refractivity contribution < 1.29 is 9.47 Å². The van der Waals surface area contributed by atoms with E-state index in [4.69, 9.17) is 26.8 Å². The molecule has 1 aromatic rings. The van der Waals surface area contributed by atoms with Gasteiger partial charge in [-0.15, -0.1) is 0 Å². The Morgan fingerprint density at radius 3 is 2.78 bits per heavy atom. The zero-order chi connectivity index (χ0) is 12.6. The molecule has 1 saturated carbocycles. The number of halogens is 1. The normalized spacial score (nSPS) is 21.4. The van der Waals surface area contributed by atoms with Crippen LogP contribution in [-0.2, 0) is 16.8 Å². The summed E-state index contributed by atoms with van der Waals surface area (Å²) in [4.78, 5) is 0. The highest BCUT2D eigenvalue weighted by Crippen LogP contribution is 2.46. The monoisotopic (exact) mass is 267 g/mol. The zero-order valence-corrected chi connectivity index (χ0v) is 11.1. The van der Waals surface area contributed by atoms with Crippen LogP contribution in [0.3, 0.4) is 0 Å². The first-order valence-corrected chi connectivity index (χ1v) is 6.86. The average Bonchev–Trinajstić information content (AvgIpc) is 2.87. The van der Waals surface area contributed by atoms with E-state index >= 15 is 0 Å². The Morgan fingerprint density at radius 2 is 2.06 bits per heavy atom. The van der Waals surface area contributed by atoms with Gasteiger partial charge in [0, 0.05) is 28.1 Å². The van der Waals surface area contributed by atoms with E-state index in [1.54, 1.807) is 0 Å². The van der Waals surface area contributed by atoms with Crippen LogP contribution in [0, 0.1) is 0 Å². The summed E-state index contributed by atoms with van der Waals surface area (Å²) in [6, 6.07) is 3.96. The van der Waals surface area contributed by atoms with Gasteiger partial charge >= 0.3 is 0 Å². The van der Waals surface area contributed by atoms with Gasteiger partial charge < -0.3 is 15.2 Å². The summed E-state index contributed by atoms with van der Waals surface area (Å²) in [6.07, 6.45) is 4.71. The summed E-state index contributed by atoms with van der Waals surface area (Å²) in [7, 11) is 0. The molecule has 2 N–H and O–H groups in total. The maximum atomic E-state index is 6.23. The van der Waals surface area contributed by atoms with Crippen LogP contribution in [0.1, 0.15) is 36.8 Å². The lowest BCUT2D eigenvalue weighted by molar-refractivity contribution is -0.0177. The van der Waals surface area contributed by atoms with Gasteiger partial charge in [0.05, 0.1) is 6.61 Å². The minimum Gasteiger partial charge on any atom is -0.467 e. The smallest absolute Gasteiger partial charge is 0.189 e. The highest BCUT2D eigenvalue weighted by Gasteiger charge is 2.38. The zero-order valence-electron chi connectivity index (χ0n) is 10.4. The molecule has 1 aliphatic heterocycles. The third kappa shape index (κ3) is 1.91. The standard InChI is InChI=1S/C14H18ClNO2/c15-11-5-10-7-17-9-18-13(10)12(6-11)14(8-16)3-1-2-4-14/h5-6H,1-4,7-9,16H2. The van der Waals surface area contributed by atoms with Crippen molar-refractivity contribution in [3.63, 3.8) is 0 Å². The Bertz CT molecular complexity index is 455. The van der Waals surface area contributed by atoms with Crippen molar-refractivity contribution in [1.82, 2.24) is 0 Å². The van der Waals surface area contributed by atoms with E-state index in [1.165, 1.54) is 18.4 Å². The van der Waals surface area contributed by atoms with Crippen molar-refractivity contribution in [2.45, 2.75) is 37.7 Å². The first-order valence-electron chi connectivity index (χ1n) is 6.49. The Kier molecular flexibility index (Phi) is 3.22. The molecule has 4 heteroatoms. The molecule has 98 valence electrons. The molecule has 1 aromatic carbocycles. The van der Waals surface area contributed by atoms with Crippen LogP contribution in [0.2, 0.25) is 5.02 Å². The summed E-state index contributed by atoms with van der Waals surface area (Å²) in [5, 5.41) is 0.748. The number of nitrogens with two attached hydrogens (primary N) is 1. The first kappa shape index (κ1) is 12.3. The van der Waals surface area contributed by atoms with Gasteiger partial charge in [-0.05, 0) is 25.0 Å². The fourth-order valence-corrected chi connectivity index (χ4v) is 3.45. The largest absolute Gasteiger partial charge is 0.467 e. The van der Waals surface area contributed by atoms with Gasteiger partial charge in [0.2, 0.25) is 0 Å². The third-order valence-electron chi connectivity index (χ3n) is 4.20. The van der Waals surface area contributed by atoms with E-state index in [0.717, 1.165) is 29.2 Å². The quantitative estimate of drug-likeness (QED) is 0.896. The molecular weight excluding hydrogens is 250 g/mol. The number of hydrogen-bond donors (Lipinski definition) is 1. The lowest BCUT2D eigenvalue weighted by Crippen LogP contribution is -2.33. The van der Waals surface area contributed by atoms with Gasteiger partial charge in [0.1, 0.15) is 5.75 Å². The third-order valence-corrected chi connectivity index (χ3v) is 4.42. The minimum atomic E-state index is 0.0479. The molecule has 0 radical (unpaired) electrons. The molecule has 0 bridgehead atoms. The Hall–Kier alpha value is -0.770. The van der Waals surface area contributed by atoms with Gasteiger partial charge in [-0.1, -0.05) is 24.4 Å². The van der Waals surface area contributed by atoms with Gasteiger partial charge in [0.15, 0.2) is 6.79 Å². The van der Waals surface area contributed by atoms with Gasteiger partial charge in [0.25, 0.3) is 0 Å². The van der Waals surface area contributed by atoms with E-state index in [1.807, 2.05) is 12.1 Å². The molecule has 1 fully saturated rings. The van der Waals surface area contributed by atoms with Crippen molar-refractivity contribution >= 4 is 11.6 Å². The summed E-state index contributed by atoms with van der Waals surface area (Å²) in [5.41, 5.74) is 8.34. The van der Waals surface area contributed by atoms with E-state index in [2.05, 4.69) is 0 Å².